The smallest absolute Gasteiger partial charge is 0.258 e. The summed E-state index contributed by atoms with van der Waals surface area (Å²) in [6.07, 6.45) is 0. The maximum atomic E-state index is 13.0. The van der Waals surface area contributed by atoms with Crippen LogP contribution in [0.15, 0.2) is 22.7 Å². The molecule has 1 unspecified atom stereocenters. The van der Waals surface area contributed by atoms with Crippen molar-refractivity contribution in [3.63, 3.8) is 0 Å². The number of hydrogen-bond acceptors (Lipinski definition) is 5. The molecule has 1 aromatic carbocycles. The van der Waals surface area contributed by atoms with Gasteiger partial charge in [-0.05, 0) is 18.2 Å². The van der Waals surface area contributed by atoms with E-state index in [0.29, 0.717) is 5.56 Å². The number of halogens is 2. The van der Waals surface area contributed by atoms with Crippen LogP contribution in [0.5, 0.6) is 0 Å². The first-order chi connectivity index (χ1) is 8.11. The van der Waals surface area contributed by atoms with Gasteiger partial charge in [0.25, 0.3) is 5.89 Å². The van der Waals surface area contributed by atoms with Crippen molar-refractivity contribution >= 4 is 11.6 Å². The average molecular weight is 258 g/mol. The van der Waals surface area contributed by atoms with Crippen LogP contribution in [0.2, 0.25) is 5.02 Å². The van der Waals surface area contributed by atoms with Crippen molar-refractivity contribution in [2.45, 2.75) is 6.04 Å². The summed E-state index contributed by atoms with van der Waals surface area (Å²) in [7, 11) is 0. The Hall–Kier alpha value is -1.50. The fourth-order valence-electron chi connectivity index (χ4n) is 1.21. The maximum Gasteiger partial charge on any atom is 0.258 e. The van der Waals surface area contributed by atoms with E-state index in [1.54, 1.807) is 0 Å². The first-order valence-electron chi connectivity index (χ1n) is 4.77. The third-order valence-electron chi connectivity index (χ3n) is 2.14. The Bertz CT molecular complexity index is 532. The molecule has 0 aliphatic heterocycles. The number of aromatic nitrogens is 2. The van der Waals surface area contributed by atoms with Gasteiger partial charge in [0.05, 0.1) is 17.7 Å². The van der Waals surface area contributed by atoms with Crippen molar-refractivity contribution < 1.29 is 14.0 Å². The number of aliphatic hydroxyl groups excluding tert-OH is 1. The summed E-state index contributed by atoms with van der Waals surface area (Å²) >= 11 is 5.63. The van der Waals surface area contributed by atoms with Gasteiger partial charge >= 0.3 is 0 Å². The van der Waals surface area contributed by atoms with E-state index in [2.05, 4.69) is 10.1 Å². The van der Waals surface area contributed by atoms with E-state index in [9.17, 15) is 4.39 Å². The van der Waals surface area contributed by atoms with Gasteiger partial charge in [-0.25, -0.2) is 4.39 Å². The number of rotatable bonds is 3. The summed E-state index contributed by atoms with van der Waals surface area (Å²) in [4.78, 5) is 3.98. The third kappa shape index (κ3) is 2.44. The minimum absolute atomic E-state index is 0.0336. The van der Waals surface area contributed by atoms with E-state index in [4.69, 9.17) is 27.0 Å². The second-order valence-corrected chi connectivity index (χ2v) is 3.78. The second kappa shape index (κ2) is 4.79. The largest absolute Gasteiger partial charge is 0.394 e. The van der Waals surface area contributed by atoms with Crippen molar-refractivity contribution in [2.75, 3.05) is 6.61 Å². The molecule has 3 N–H and O–H groups in total. The molecule has 0 radical (unpaired) electrons. The van der Waals surface area contributed by atoms with Crippen LogP contribution in [0.1, 0.15) is 11.9 Å². The molecule has 2 rings (SSSR count). The summed E-state index contributed by atoms with van der Waals surface area (Å²) in [5.41, 5.74) is 6.01. The lowest BCUT2D eigenvalue weighted by Crippen LogP contribution is -2.15. The summed E-state index contributed by atoms with van der Waals surface area (Å²) in [5.74, 6) is -0.170. The zero-order valence-electron chi connectivity index (χ0n) is 8.60. The van der Waals surface area contributed by atoms with Crippen LogP contribution in [0.25, 0.3) is 11.5 Å². The molecule has 1 heterocycles. The van der Waals surface area contributed by atoms with E-state index in [1.165, 1.54) is 18.2 Å². The van der Waals surface area contributed by atoms with Gasteiger partial charge in [-0.15, -0.1) is 0 Å². The molecule has 17 heavy (non-hydrogen) atoms. The predicted molar refractivity (Wildman–Crippen MR) is 58.7 cm³/mol. The topological polar surface area (TPSA) is 85.2 Å². The highest BCUT2D eigenvalue weighted by Crippen LogP contribution is 2.24. The number of aliphatic hydroxyl groups is 1. The molecule has 0 amide bonds. The molecule has 0 bridgehead atoms. The molecular formula is C10H9ClFN3O2. The van der Waals surface area contributed by atoms with Crippen LogP contribution in [-0.2, 0) is 0 Å². The highest BCUT2D eigenvalue weighted by atomic mass is 35.5. The Morgan fingerprint density at radius 1 is 1.53 bits per heavy atom. The zero-order valence-corrected chi connectivity index (χ0v) is 9.36. The van der Waals surface area contributed by atoms with Gasteiger partial charge in [0.2, 0.25) is 0 Å². The summed E-state index contributed by atoms with van der Waals surface area (Å²) < 4.78 is 17.9. The third-order valence-corrected chi connectivity index (χ3v) is 2.43. The molecular weight excluding hydrogens is 249 g/mol. The minimum Gasteiger partial charge on any atom is -0.394 e. The van der Waals surface area contributed by atoms with E-state index in [0.717, 1.165) is 0 Å². The van der Waals surface area contributed by atoms with Gasteiger partial charge in [0.1, 0.15) is 5.82 Å². The maximum absolute atomic E-state index is 13.0. The molecule has 2 aromatic rings. The Morgan fingerprint density at radius 3 is 2.94 bits per heavy atom. The van der Waals surface area contributed by atoms with Crippen molar-refractivity contribution in [1.82, 2.24) is 10.1 Å². The van der Waals surface area contributed by atoms with Gasteiger partial charge in [-0.2, -0.15) is 4.98 Å². The van der Waals surface area contributed by atoms with Gasteiger partial charge in [-0.1, -0.05) is 16.8 Å². The molecule has 0 spiro atoms. The molecule has 1 atom stereocenters. The number of hydrogen-bond donors (Lipinski definition) is 2. The van der Waals surface area contributed by atoms with Crippen LogP contribution in [0.4, 0.5) is 4.39 Å². The number of benzene rings is 1. The van der Waals surface area contributed by atoms with Gasteiger partial charge in [0, 0.05) is 5.56 Å². The van der Waals surface area contributed by atoms with E-state index in [1.807, 2.05) is 0 Å². The van der Waals surface area contributed by atoms with Gasteiger partial charge in [-0.3, -0.25) is 0 Å². The van der Waals surface area contributed by atoms with Crippen molar-refractivity contribution in [1.29, 1.82) is 0 Å². The first kappa shape index (κ1) is 12.0. The van der Waals surface area contributed by atoms with E-state index >= 15 is 0 Å². The predicted octanol–water partition coefficient (Wildman–Crippen LogP) is 1.52. The van der Waals surface area contributed by atoms with Crippen molar-refractivity contribution in [3.05, 3.63) is 34.9 Å². The molecule has 0 fully saturated rings. The Labute approximate surface area is 101 Å². The molecule has 1 aromatic heterocycles. The molecule has 90 valence electrons. The minimum atomic E-state index is -0.705. The normalized spacial score (nSPS) is 12.7. The van der Waals surface area contributed by atoms with Crippen LogP contribution < -0.4 is 5.73 Å². The lowest BCUT2D eigenvalue weighted by molar-refractivity contribution is 0.260. The quantitative estimate of drug-likeness (QED) is 0.871. The van der Waals surface area contributed by atoms with Crippen LogP contribution in [0, 0.1) is 5.82 Å². The highest BCUT2D eigenvalue weighted by molar-refractivity contribution is 6.31. The monoisotopic (exact) mass is 257 g/mol. The average Bonchev–Trinajstić information content (AvgIpc) is 2.81. The van der Waals surface area contributed by atoms with Gasteiger partial charge < -0.3 is 15.4 Å². The van der Waals surface area contributed by atoms with Crippen molar-refractivity contribution in [3.8, 4) is 11.5 Å². The fourth-order valence-corrected chi connectivity index (χ4v) is 1.39. The Kier molecular flexibility index (Phi) is 3.37. The SMILES string of the molecule is NC(CO)c1noc(-c2ccc(F)c(Cl)c2)n1. The zero-order chi connectivity index (χ0) is 12.4. The second-order valence-electron chi connectivity index (χ2n) is 3.38. The lowest BCUT2D eigenvalue weighted by atomic mass is 10.2. The van der Waals surface area contributed by atoms with E-state index < -0.39 is 11.9 Å². The Morgan fingerprint density at radius 2 is 2.29 bits per heavy atom. The van der Waals surface area contributed by atoms with Crippen LogP contribution in [0.3, 0.4) is 0 Å². The highest BCUT2D eigenvalue weighted by Gasteiger charge is 2.15. The molecule has 0 saturated heterocycles. The van der Waals surface area contributed by atoms with Crippen LogP contribution >= 0.6 is 11.6 Å². The first-order valence-corrected chi connectivity index (χ1v) is 5.15. The standard InChI is InChI=1S/C10H9ClFN3O2/c11-6-3-5(1-2-7(6)12)10-14-9(15-17-10)8(13)4-16/h1-3,8,16H,4,13H2. The lowest BCUT2D eigenvalue weighted by Gasteiger charge is -1.99. The fraction of sp³-hybridized carbons (Fsp3) is 0.200. The number of nitrogens with two attached hydrogens (primary N) is 1. The molecule has 0 aliphatic rings. The number of nitrogens with zero attached hydrogens (tertiary/aromatic N) is 2. The molecule has 0 saturated carbocycles. The summed E-state index contributed by atoms with van der Waals surface area (Å²) in [5, 5.41) is 12.4. The Balaban J connectivity index is 2.33. The molecule has 0 aliphatic carbocycles. The van der Waals surface area contributed by atoms with Crippen LogP contribution in [-0.4, -0.2) is 21.9 Å². The molecule has 5 nitrogen and oxygen atoms in total. The molecule has 7 heteroatoms. The summed E-state index contributed by atoms with van der Waals surface area (Å²) in [6, 6.07) is 3.33. The van der Waals surface area contributed by atoms with Crippen molar-refractivity contribution in [2.24, 2.45) is 5.73 Å². The van der Waals surface area contributed by atoms with E-state index in [-0.39, 0.29) is 23.3 Å². The van der Waals surface area contributed by atoms with Gasteiger partial charge in [0.15, 0.2) is 5.82 Å². The summed E-state index contributed by atoms with van der Waals surface area (Å²) in [6.45, 7) is -0.289.